The van der Waals surface area contributed by atoms with Gasteiger partial charge >= 0.3 is 0 Å². The van der Waals surface area contributed by atoms with Gasteiger partial charge in [-0.3, -0.25) is 0 Å². The molecule has 0 radical (unpaired) electrons. The van der Waals surface area contributed by atoms with E-state index < -0.39 is 23.3 Å². The van der Waals surface area contributed by atoms with Crippen LogP contribution in [0.2, 0.25) is 0 Å². The molecule has 2 aromatic rings. The largest absolute Gasteiger partial charge is 0.498 e. The first-order valence-corrected chi connectivity index (χ1v) is 12.8. The number of halogens is 4. The van der Waals surface area contributed by atoms with Gasteiger partial charge in [-0.25, -0.2) is 13.2 Å². The summed E-state index contributed by atoms with van der Waals surface area (Å²) < 4.78 is 68.8. The summed E-state index contributed by atoms with van der Waals surface area (Å²) in [7, 11) is 1.21. The second kappa shape index (κ2) is 11.5. The van der Waals surface area contributed by atoms with Crippen LogP contribution in [0.4, 0.5) is 17.6 Å². The molecule has 190 valence electrons. The molecular weight excluding hydrogens is 456 g/mol. The SMILES string of the molecule is CCCC1CCC(C2=COC(CCc3ccc(-c4ccc(OC)c(F)c4F)c(F)c3F)CC2)CC1. The number of benzene rings is 2. The minimum absolute atomic E-state index is 0.0366. The van der Waals surface area contributed by atoms with E-state index in [-0.39, 0.29) is 28.5 Å². The van der Waals surface area contributed by atoms with Crippen LogP contribution in [0.1, 0.15) is 70.3 Å². The van der Waals surface area contributed by atoms with Crippen molar-refractivity contribution in [2.24, 2.45) is 11.8 Å². The maximum absolute atomic E-state index is 14.8. The quantitative estimate of drug-likeness (QED) is 0.345. The summed E-state index contributed by atoms with van der Waals surface area (Å²) in [6.07, 6.45) is 12.3. The molecule has 0 bridgehead atoms. The predicted octanol–water partition coefficient (Wildman–Crippen LogP) is 8.52. The monoisotopic (exact) mass is 490 g/mol. The summed E-state index contributed by atoms with van der Waals surface area (Å²) in [4.78, 5) is 0. The third-order valence-electron chi connectivity index (χ3n) is 7.69. The van der Waals surface area contributed by atoms with E-state index >= 15 is 0 Å². The zero-order valence-corrected chi connectivity index (χ0v) is 20.5. The highest BCUT2D eigenvalue weighted by Gasteiger charge is 2.27. The van der Waals surface area contributed by atoms with Crippen molar-refractivity contribution in [3.8, 4) is 16.9 Å². The van der Waals surface area contributed by atoms with Gasteiger partial charge in [-0.1, -0.05) is 31.9 Å². The lowest BCUT2D eigenvalue weighted by Crippen LogP contribution is -2.22. The Kier molecular flexibility index (Phi) is 8.40. The van der Waals surface area contributed by atoms with Crippen LogP contribution in [0.15, 0.2) is 36.1 Å². The van der Waals surface area contributed by atoms with Crippen LogP contribution >= 0.6 is 0 Å². The Morgan fingerprint density at radius 1 is 0.829 bits per heavy atom. The van der Waals surface area contributed by atoms with Gasteiger partial charge in [0.15, 0.2) is 23.2 Å². The van der Waals surface area contributed by atoms with E-state index in [2.05, 4.69) is 6.92 Å². The summed E-state index contributed by atoms with van der Waals surface area (Å²) in [6.45, 7) is 2.25. The second-order valence-corrected chi connectivity index (χ2v) is 9.88. The normalized spacial score (nSPS) is 22.5. The van der Waals surface area contributed by atoms with Crippen LogP contribution in [0.5, 0.6) is 5.75 Å². The van der Waals surface area contributed by atoms with Crippen molar-refractivity contribution >= 4 is 0 Å². The lowest BCUT2D eigenvalue weighted by atomic mass is 9.76. The highest BCUT2D eigenvalue weighted by Crippen LogP contribution is 2.39. The van der Waals surface area contributed by atoms with Crippen LogP contribution in [0.25, 0.3) is 11.1 Å². The lowest BCUT2D eigenvalue weighted by molar-refractivity contribution is 0.104. The van der Waals surface area contributed by atoms with Crippen molar-refractivity contribution in [1.82, 2.24) is 0 Å². The van der Waals surface area contributed by atoms with Gasteiger partial charge in [-0.15, -0.1) is 0 Å². The minimum atomic E-state index is -1.27. The van der Waals surface area contributed by atoms with Crippen molar-refractivity contribution in [3.63, 3.8) is 0 Å². The van der Waals surface area contributed by atoms with Crippen LogP contribution in [-0.2, 0) is 11.2 Å². The molecule has 1 atom stereocenters. The van der Waals surface area contributed by atoms with Gasteiger partial charge in [0, 0.05) is 11.1 Å². The topological polar surface area (TPSA) is 18.5 Å². The summed E-state index contributed by atoms with van der Waals surface area (Å²) >= 11 is 0. The molecule has 2 aliphatic rings. The van der Waals surface area contributed by atoms with Gasteiger partial charge in [0.2, 0.25) is 5.82 Å². The number of rotatable bonds is 8. The summed E-state index contributed by atoms with van der Waals surface area (Å²) in [5.41, 5.74) is 0.934. The Bertz CT molecular complexity index is 1060. The van der Waals surface area contributed by atoms with Crippen molar-refractivity contribution in [2.75, 3.05) is 7.11 Å². The molecule has 1 aliphatic heterocycles. The van der Waals surface area contributed by atoms with Crippen LogP contribution < -0.4 is 4.74 Å². The molecule has 1 heterocycles. The Morgan fingerprint density at radius 3 is 2.14 bits per heavy atom. The third kappa shape index (κ3) is 5.68. The van der Waals surface area contributed by atoms with Gasteiger partial charge < -0.3 is 9.47 Å². The summed E-state index contributed by atoms with van der Waals surface area (Å²) in [5.74, 6) is -3.53. The average Bonchev–Trinajstić information content (AvgIpc) is 2.88. The summed E-state index contributed by atoms with van der Waals surface area (Å²) in [6, 6.07) is 5.11. The first-order valence-electron chi connectivity index (χ1n) is 12.8. The Morgan fingerprint density at radius 2 is 1.51 bits per heavy atom. The minimum Gasteiger partial charge on any atom is -0.498 e. The first-order chi connectivity index (χ1) is 16.9. The van der Waals surface area contributed by atoms with E-state index in [9.17, 15) is 17.6 Å². The maximum atomic E-state index is 14.8. The molecule has 1 aliphatic carbocycles. The molecule has 1 fully saturated rings. The standard InChI is InChI=1S/C29H34F4O2/c1-3-4-18-5-7-19(8-6-18)21-10-13-22(35-17-21)12-9-20-11-14-23(27(31)26(20)30)24-15-16-25(34-2)29(33)28(24)32/h11,14-19,22H,3-10,12-13H2,1-2H3. The Labute approximate surface area is 205 Å². The number of hydrogen-bond acceptors (Lipinski definition) is 2. The molecule has 6 heteroatoms. The van der Waals surface area contributed by atoms with Crippen molar-refractivity contribution in [1.29, 1.82) is 0 Å². The molecule has 4 rings (SSSR count). The highest BCUT2D eigenvalue weighted by atomic mass is 19.2. The van der Waals surface area contributed by atoms with E-state index in [0.29, 0.717) is 18.8 Å². The molecule has 0 saturated heterocycles. The van der Waals surface area contributed by atoms with Gasteiger partial charge in [-0.2, -0.15) is 4.39 Å². The van der Waals surface area contributed by atoms with E-state index in [1.165, 1.54) is 75.5 Å². The molecular formula is C29H34F4O2. The van der Waals surface area contributed by atoms with Crippen molar-refractivity contribution in [3.05, 3.63) is 64.9 Å². The molecule has 35 heavy (non-hydrogen) atoms. The van der Waals surface area contributed by atoms with E-state index in [0.717, 1.165) is 18.8 Å². The Hall–Kier alpha value is -2.50. The number of ether oxygens (including phenoxy) is 2. The van der Waals surface area contributed by atoms with E-state index in [1.54, 1.807) is 0 Å². The van der Waals surface area contributed by atoms with Gasteiger partial charge in [-0.05, 0) is 86.5 Å². The zero-order chi connectivity index (χ0) is 24.9. The van der Waals surface area contributed by atoms with Crippen molar-refractivity contribution in [2.45, 2.75) is 77.2 Å². The van der Waals surface area contributed by atoms with Crippen LogP contribution in [0.3, 0.4) is 0 Å². The number of aryl methyl sites for hydroxylation is 1. The molecule has 2 aromatic carbocycles. The fourth-order valence-electron chi connectivity index (χ4n) is 5.59. The molecule has 0 N–H and O–H groups in total. The number of hydrogen-bond donors (Lipinski definition) is 0. The molecule has 0 spiro atoms. The first kappa shape index (κ1) is 25.6. The van der Waals surface area contributed by atoms with E-state index in [1.807, 2.05) is 6.26 Å². The fraction of sp³-hybridized carbons (Fsp3) is 0.517. The number of methoxy groups -OCH3 is 1. The highest BCUT2D eigenvalue weighted by molar-refractivity contribution is 5.66. The van der Waals surface area contributed by atoms with Crippen LogP contribution in [0, 0.1) is 35.1 Å². The number of allylic oxidation sites excluding steroid dienone is 1. The maximum Gasteiger partial charge on any atom is 0.201 e. The van der Waals surface area contributed by atoms with Gasteiger partial charge in [0.25, 0.3) is 0 Å². The molecule has 1 saturated carbocycles. The smallest absolute Gasteiger partial charge is 0.201 e. The van der Waals surface area contributed by atoms with E-state index in [4.69, 9.17) is 9.47 Å². The molecule has 0 aromatic heterocycles. The molecule has 0 amide bonds. The Balaban J connectivity index is 1.36. The van der Waals surface area contributed by atoms with Crippen molar-refractivity contribution < 1.29 is 27.0 Å². The molecule has 1 unspecified atom stereocenters. The average molecular weight is 491 g/mol. The third-order valence-corrected chi connectivity index (χ3v) is 7.69. The summed E-state index contributed by atoms with van der Waals surface area (Å²) in [5, 5.41) is 0. The predicted molar refractivity (Wildman–Crippen MR) is 129 cm³/mol. The van der Waals surface area contributed by atoms with Gasteiger partial charge in [0.1, 0.15) is 0 Å². The second-order valence-electron chi connectivity index (χ2n) is 9.88. The zero-order valence-electron chi connectivity index (χ0n) is 20.5. The van der Waals surface area contributed by atoms with Gasteiger partial charge in [0.05, 0.1) is 19.5 Å². The fourth-order valence-corrected chi connectivity index (χ4v) is 5.59. The van der Waals surface area contributed by atoms with Crippen LogP contribution in [-0.4, -0.2) is 13.2 Å². The molecule has 2 nitrogen and oxygen atoms in total. The lowest BCUT2D eigenvalue weighted by Gasteiger charge is -2.33.